The molecule has 1 aromatic carbocycles. The van der Waals surface area contributed by atoms with E-state index in [2.05, 4.69) is 52.7 Å². The topological polar surface area (TPSA) is 66.7 Å². The molecule has 7 heteroatoms. The number of benzene rings is 1. The predicted octanol–water partition coefficient (Wildman–Crippen LogP) is 2.77. The Morgan fingerprint density at radius 2 is 2.17 bits per heavy atom. The summed E-state index contributed by atoms with van der Waals surface area (Å²) in [5, 5.41) is 11.5. The molecule has 0 aliphatic carbocycles. The Morgan fingerprint density at radius 3 is 2.86 bits per heavy atom. The number of guanidine groups is 1. The van der Waals surface area contributed by atoms with Gasteiger partial charge < -0.3 is 20.3 Å². The van der Waals surface area contributed by atoms with Crippen molar-refractivity contribution in [2.45, 2.75) is 46.2 Å². The van der Waals surface area contributed by atoms with Gasteiger partial charge in [-0.15, -0.1) is 0 Å². The normalized spacial score (nSPS) is 17.3. The van der Waals surface area contributed by atoms with Crippen LogP contribution in [0.25, 0.3) is 0 Å². The Hall–Kier alpha value is -2.70. The van der Waals surface area contributed by atoms with E-state index in [1.807, 2.05) is 24.7 Å². The van der Waals surface area contributed by atoms with Gasteiger partial charge in [-0.05, 0) is 45.7 Å². The first-order chi connectivity index (χ1) is 14.0. The van der Waals surface area contributed by atoms with Gasteiger partial charge in [-0.1, -0.05) is 6.07 Å². The van der Waals surface area contributed by atoms with Crippen LogP contribution in [0.3, 0.4) is 0 Å². The Balaban J connectivity index is 1.67. The largest absolute Gasteiger partial charge is 0.497 e. The minimum atomic E-state index is 0.351. The number of aryl methyl sites for hydroxylation is 2. The lowest BCUT2D eigenvalue weighted by atomic mass is 10.0. The van der Waals surface area contributed by atoms with Gasteiger partial charge in [-0.2, -0.15) is 5.10 Å². The van der Waals surface area contributed by atoms with Gasteiger partial charge in [-0.3, -0.25) is 4.68 Å². The standard InChI is InChI=1S/C22H34N6O/c1-6-23-22(24-14-21-16(2)26-27(4)17(21)3)25-18-9-8-12-28(15-18)19-10-7-11-20(13-19)29-5/h7,10-11,13,18H,6,8-9,12,14-15H2,1-5H3,(H2,23,24,25). The third kappa shape index (κ3) is 5.22. The van der Waals surface area contributed by atoms with E-state index >= 15 is 0 Å². The van der Waals surface area contributed by atoms with Crippen molar-refractivity contribution in [3.63, 3.8) is 0 Å². The fraction of sp³-hybridized carbons (Fsp3) is 0.545. The molecule has 1 saturated heterocycles. The number of hydrogen-bond donors (Lipinski definition) is 2. The lowest BCUT2D eigenvalue weighted by Gasteiger charge is -2.35. The molecule has 3 rings (SSSR count). The maximum Gasteiger partial charge on any atom is 0.191 e. The number of nitrogens with zero attached hydrogens (tertiary/aromatic N) is 4. The zero-order valence-corrected chi connectivity index (χ0v) is 18.3. The number of nitrogens with one attached hydrogen (secondary N) is 2. The smallest absolute Gasteiger partial charge is 0.191 e. The SMILES string of the molecule is CCNC(=NCc1c(C)nn(C)c1C)NC1CCCN(c2cccc(OC)c2)C1. The van der Waals surface area contributed by atoms with E-state index in [1.165, 1.54) is 16.9 Å². The molecule has 0 bridgehead atoms. The number of aromatic nitrogens is 2. The minimum Gasteiger partial charge on any atom is -0.497 e. The number of rotatable bonds is 6. The zero-order chi connectivity index (χ0) is 20.8. The van der Waals surface area contributed by atoms with Crippen molar-refractivity contribution in [3.05, 3.63) is 41.2 Å². The summed E-state index contributed by atoms with van der Waals surface area (Å²) in [6, 6.07) is 8.65. The number of piperidine rings is 1. The molecule has 0 radical (unpaired) electrons. The van der Waals surface area contributed by atoms with Crippen molar-refractivity contribution in [3.8, 4) is 5.75 Å². The monoisotopic (exact) mass is 398 g/mol. The van der Waals surface area contributed by atoms with Crippen molar-refractivity contribution in [2.24, 2.45) is 12.0 Å². The molecule has 0 spiro atoms. The van der Waals surface area contributed by atoms with E-state index in [0.29, 0.717) is 12.6 Å². The molecule has 1 fully saturated rings. The first kappa shape index (κ1) is 21.0. The Morgan fingerprint density at radius 1 is 1.34 bits per heavy atom. The van der Waals surface area contributed by atoms with E-state index < -0.39 is 0 Å². The Labute approximate surface area is 174 Å². The quantitative estimate of drug-likeness (QED) is 0.579. The van der Waals surface area contributed by atoms with Crippen molar-refractivity contribution >= 4 is 11.6 Å². The van der Waals surface area contributed by atoms with E-state index in [1.54, 1.807) is 7.11 Å². The fourth-order valence-corrected chi connectivity index (χ4v) is 3.85. The third-order valence-electron chi connectivity index (χ3n) is 5.58. The zero-order valence-electron chi connectivity index (χ0n) is 18.3. The molecule has 1 aromatic heterocycles. The first-order valence-corrected chi connectivity index (χ1v) is 10.4. The fourth-order valence-electron chi connectivity index (χ4n) is 3.85. The molecule has 158 valence electrons. The molecule has 1 aliphatic heterocycles. The van der Waals surface area contributed by atoms with Crippen molar-refractivity contribution in [2.75, 3.05) is 31.6 Å². The first-order valence-electron chi connectivity index (χ1n) is 10.4. The molecule has 2 aromatic rings. The summed E-state index contributed by atoms with van der Waals surface area (Å²) in [7, 11) is 3.69. The van der Waals surface area contributed by atoms with Crippen LogP contribution >= 0.6 is 0 Å². The van der Waals surface area contributed by atoms with E-state index in [0.717, 1.165) is 49.9 Å². The molecule has 0 amide bonds. The van der Waals surface area contributed by atoms with Crippen molar-refractivity contribution in [1.82, 2.24) is 20.4 Å². The number of aliphatic imine (C=N–C) groups is 1. The molecular weight excluding hydrogens is 364 g/mol. The predicted molar refractivity (Wildman–Crippen MR) is 119 cm³/mol. The molecule has 29 heavy (non-hydrogen) atoms. The second kappa shape index (κ2) is 9.67. The Bertz CT molecular complexity index is 844. The summed E-state index contributed by atoms with van der Waals surface area (Å²) >= 11 is 0. The van der Waals surface area contributed by atoms with Crippen LogP contribution in [0, 0.1) is 13.8 Å². The van der Waals surface area contributed by atoms with Gasteiger partial charge in [0.25, 0.3) is 0 Å². The van der Waals surface area contributed by atoms with Gasteiger partial charge >= 0.3 is 0 Å². The Kier molecular flexibility index (Phi) is 7.01. The van der Waals surface area contributed by atoms with Crippen LogP contribution in [0.5, 0.6) is 5.75 Å². The molecule has 7 nitrogen and oxygen atoms in total. The maximum atomic E-state index is 5.39. The molecule has 2 N–H and O–H groups in total. The van der Waals surface area contributed by atoms with E-state index in [-0.39, 0.29) is 0 Å². The molecule has 1 aliphatic rings. The van der Waals surface area contributed by atoms with Gasteiger partial charge in [0.05, 0.1) is 19.3 Å². The van der Waals surface area contributed by atoms with Crippen LogP contribution in [0.2, 0.25) is 0 Å². The number of hydrogen-bond acceptors (Lipinski definition) is 4. The average Bonchev–Trinajstić information content (AvgIpc) is 2.98. The summed E-state index contributed by atoms with van der Waals surface area (Å²) in [5.41, 5.74) is 4.63. The highest BCUT2D eigenvalue weighted by molar-refractivity contribution is 5.80. The van der Waals surface area contributed by atoms with Crippen molar-refractivity contribution < 1.29 is 4.74 Å². The lowest BCUT2D eigenvalue weighted by Crippen LogP contribution is -2.51. The average molecular weight is 399 g/mol. The van der Waals surface area contributed by atoms with Crippen LogP contribution in [0.4, 0.5) is 5.69 Å². The molecule has 1 atom stereocenters. The highest BCUT2D eigenvalue weighted by atomic mass is 16.5. The summed E-state index contributed by atoms with van der Waals surface area (Å²) in [4.78, 5) is 7.26. The molecule has 0 saturated carbocycles. The molecular formula is C22H34N6O. The number of methoxy groups -OCH3 is 1. The van der Waals surface area contributed by atoms with Crippen LogP contribution in [0.15, 0.2) is 29.3 Å². The number of ether oxygens (including phenoxy) is 1. The van der Waals surface area contributed by atoms with Crippen LogP contribution in [0.1, 0.15) is 36.7 Å². The van der Waals surface area contributed by atoms with Crippen molar-refractivity contribution in [1.29, 1.82) is 0 Å². The highest BCUT2D eigenvalue weighted by Crippen LogP contribution is 2.24. The summed E-state index contributed by atoms with van der Waals surface area (Å²) in [6.45, 7) is 9.72. The third-order valence-corrected chi connectivity index (χ3v) is 5.58. The maximum absolute atomic E-state index is 5.39. The van der Waals surface area contributed by atoms with Gasteiger partial charge in [0.1, 0.15) is 5.75 Å². The van der Waals surface area contributed by atoms with Gasteiger partial charge in [-0.25, -0.2) is 4.99 Å². The second-order valence-electron chi connectivity index (χ2n) is 7.60. The summed E-state index contributed by atoms with van der Waals surface area (Å²) in [5.74, 6) is 1.77. The summed E-state index contributed by atoms with van der Waals surface area (Å²) in [6.07, 6.45) is 2.28. The van der Waals surface area contributed by atoms with Crippen LogP contribution < -0.4 is 20.3 Å². The van der Waals surface area contributed by atoms with Crippen LogP contribution in [-0.4, -0.2) is 48.5 Å². The van der Waals surface area contributed by atoms with Gasteiger partial charge in [0, 0.05) is 55.7 Å². The van der Waals surface area contributed by atoms with Gasteiger partial charge in [0.2, 0.25) is 0 Å². The number of anilines is 1. The van der Waals surface area contributed by atoms with E-state index in [9.17, 15) is 0 Å². The van der Waals surface area contributed by atoms with E-state index in [4.69, 9.17) is 9.73 Å². The van der Waals surface area contributed by atoms with Gasteiger partial charge in [0.15, 0.2) is 5.96 Å². The lowest BCUT2D eigenvalue weighted by molar-refractivity contribution is 0.414. The van der Waals surface area contributed by atoms with Crippen LogP contribution in [-0.2, 0) is 13.6 Å². The minimum absolute atomic E-state index is 0.351. The highest BCUT2D eigenvalue weighted by Gasteiger charge is 2.21. The molecule has 1 unspecified atom stereocenters. The molecule has 2 heterocycles. The summed E-state index contributed by atoms with van der Waals surface area (Å²) < 4.78 is 7.31. The second-order valence-corrected chi connectivity index (χ2v) is 7.60.